The second-order valence-electron chi connectivity index (χ2n) is 4.31. The van der Waals surface area contributed by atoms with Crippen molar-refractivity contribution in [1.29, 1.82) is 0 Å². The van der Waals surface area contributed by atoms with E-state index < -0.39 is 0 Å². The number of ether oxygens (including phenoxy) is 2. The van der Waals surface area contributed by atoms with Crippen molar-refractivity contribution in [3.05, 3.63) is 35.4 Å². The van der Waals surface area contributed by atoms with Gasteiger partial charge in [-0.15, -0.1) is 0 Å². The standard InChI is InChI=1S/C14H18O3/c1-16-10-4-7-14(15)17-13-9-8-11-5-2-3-6-12(11)13/h2-3,5-6,13H,4,7-10H2,1H3. The molecule has 0 spiro atoms. The molecular weight excluding hydrogens is 216 g/mol. The molecule has 17 heavy (non-hydrogen) atoms. The highest BCUT2D eigenvalue weighted by atomic mass is 16.5. The van der Waals surface area contributed by atoms with Crippen LogP contribution in [0.1, 0.15) is 36.5 Å². The van der Waals surface area contributed by atoms with Gasteiger partial charge in [-0.05, 0) is 30.4 Å². The van der Waals surface area contributed by atoms with Crippen LogP contribution in [0.3, 0.4) is 0 Å². The van der Waals surface area contributed by atoms with E-state index in [-0.39, 0.29) is 12.1 Å². The Morgan fingerprint density at radius 2 is 2.24 bits per heavy atom. The summed E-state index contributed by atoms with van der Waals surface area (Å²) in [7, 11) is 1.64. The van der Waals surface area contributed by atoms with Crippen LogP contribution in [0.4, 0.5) is 0 Å². The van der Waals surface area contributed by atoms with E-state index in [4.69, 9.17) is 9.47 Å². The summed E-state index contributed by atoms with van der Waals surface area (Å²) in [6.45, 7) is 0.607. The zero-order chi connectivity index (χ0) is 12.1. The Labute approximate surface area is 102 Å². The lowest BCUT2D eigenvalue weighted by molar-refractivity contribution is -0.149. The number of methoxy groups -OCH3 is 1. The first-order valence-electron chi connectivity index (χ1n) is 6.07. The highest BCUT2D eigenvalue weighted by Crippen LogP contribution is 2.33. The fourth-order valence-corrected chi connectivity index (χ4v) is 2.22. The molecule has 1 aliphatic carbocycles. The molecule has 0 amide bonds. The molecule has 0 saturated carbocycles. The fraction of sp³-hybridized carbons (Fsp3) is 0.500. The van der Waals surface area contributed by atoms with Crippen LogP contribution in [-0.4, -0.2) is 19.7 Å². The minimum Gasteiger partial charge on any atom is -0.457 e. The van der Waals surface area contributed by atoms with Crippen LogP contribution in [0.25, 0.3) is 0 Å². The molecule has 1 aromatic rings. The molecule has 0 aromatic heterocycles. The van der Waals surface area contributed by atoms with Crippen LogP contribution < -0.4 is 0 Å². The maximum atomic E-state index is 11.6. The second-order valence-corrected chi connectivity index (χ2v) is 4.31. The highest BCUT2D eigenvalue weighted by molar-refractivity contribution is 5.69. The average molecular weight is 234 g/mol. The van der Waals surface area contributed by atoms with Crippen molar-refractivity contribution in [3.8, 4) is 0 Å². The fourth-order valence-electron chi connectivity index (χ4n) is 2.22. The van der Waals surface area contributed by atoms with Crippen LogP contribution in [0.5, 0.6) is 0 Å². The molecule has 92 valence electrons. The van der Waals surface area contributed by atoms with E-state index >= 15 is 0 Å². The summed E-state index contributed by atoms with van der Waals surface area (Å²) in [5.41, 5.74) is 2.48. The molecular formula is C14H18O3. The zero-order valence-electron chi connectivity index (χ0n) is 10.1. The number of hydrogen-bond donors (Lipinski definition) is 0. The van der Waals surface area contributed by atoms with Crippen molar-refractivity contribution in [3.63, 3.8) is 0 Å². The molecule has 0 radical (unpaired) electrons. The lowest BCUT2D eigenvalue weighted by Gasteiger charge is -2.13. The summed E-state index contributed by atoms with van der Waals surface area (Å²) in [6.07, 6.45) is 3.04. The molecule has 1 unspecified atom stereocenters. The van der Waals surface area contributed by atoms with Gasteiger partial charge < -0.3 is 9.47 Å². The molecule has 2 rings (SSSR count). The molecule has 0 heterocycles. The summed E-state index contributed by atoms with van der Waals surface area (Å²) in [6, 6.07) is 8.18. The molecule has 3 heteroatoms. The first-order chi connectivity index (χ1) is 8.31. The van der Waals surface area contributed by atoms with Crippen molar-refractivity contribution in [2.75, 3.05) is 13.7 Å². The molecule has 0 fully saturated rings. The Bertz CT molecular complexity index is 387. The van der Waals surface area contributed by atoms with E-state index in [2.05, 4.69) is 12.1 Å². The van der Waals surface area contributed by atoms with Gasteiger partial charge in [0.1, 0.15) is 6.10 Å². The third-order valence-corrected chi connectivity index (χ3v) is 3.08. The van der Waals surface area contributed by atoms with Gasteiger partial charge in [-0.1, -0.05) is 24.3 Å². The van der Waals surface area contributed by atoms with Gasteiger partial charge in [-0.3, -0.25) is 4.79 Å². The van der Waals surface area contributed by atoms with Crippen molar-refractivity contribution in [1.82, 2.24) is 0 Å². The topological polar surface area (TPSA) is 35.5 Å². The van der Waals surface area contributed by atoms with Crippen molar-refractivity contribution in [2.24, 2.45) is 0 Å². The summed E-state index contributed by atoms with van der Waals surface area (Å²) in [5, 5.41) is 0. The van der Waals surface area contributed by atoms with Crippen LogP contribution in [0.15, 0.2) is 24.3 Å². The van der Waals surface area contributed by atoms with Gasteiger partial charge in [-0.2, -0.15) is 0 Å². The summed E-state index contributed by atoms with van der Waals surface area (Å²) >= 11 is 0. The first kappa shape index (κ1) is 12.1. The van der Waals surface area contributed by atoms with Crippen LogP contribution in [0, 0.1) is 0 Å². The van der Waals surface area contributed by atoms with Gasteiger partial charge in [0.2, 0.25) is 0 Å². The number of carbonyl (C=O) groups excluding carboxylic acids is 1. The predicted molar refractivity (Wildman–Crippen MR) is 64.7 cm³/mol. The molecule has 0 N–H and O–H groups in total. The number of benzene rings is 1. The normalized spacial score (nSPS) is 17.8. The molecule has 3 nitrogen and oxygen atoms in total. The maximum absolute atomic E-state index is 11.6. The largest absolute Gasteiger partial charge is 0.457 e. The smallest absolute Gasteiger partial charge is 0.306 e. The third kappa shape index (κ3) is 3.07. The van der Waals surface area contributed by atoms with Crippen molar-refractivity contribution >= 4 is 5.97 Å². The van der Waals surface area contributed by atoms with E-state index in [0.717, 1.165) is 19.3 Å². The summed E-state index contributed by atoms with van der Waals surface area (Å²) in [5.74, 6) is -0.122. The Balaban J connectivity index is 1.87. The lowest BCUT2D eigenvalue weighted by Crippen LogP contribution is -2.09. The van der Waals surface area contributed by atoms with Crippen LogP contribution in [0.2, 0.25) is 0 Å². The highest BCUT2D eigenvalue weighted by Gasteiger charge is 2.24. The quantitative estimate of drug-likeness (QED) is 0.580. The van der Waals surface area contributed by atoms with Crippen molar-refractivity contribution < 1.29 is 14.3 Å². The molecule has 0 bridgehead atoms. The predicted octanol–water partition coefficient (Wildman–Crippen LogP) is 2.64. The van der Waals surface area contributed by atoms with E-state index in [1.54, 1.807) is 7.11 Å². The number of aryl methyl sites for hydroxylation is 1. The first-order valence-corrected chi connectivity index (χ1v) is 6.07. The Kier molecular flexibility index (Phi) is 4.15. The summed E-state index contributed by atoms with van der Waals surface area (Å²) < 4.78 is 10.4. The van der Waals surface area contributed by atoms with Gasteiger partial charge >= 0.3 is 5.97 Å². The molecule has 1 atom stereocenters. The Morgan fingerprint density at radius 1 is 1.41 bits per heavy atom. The third-order valence-electron chi connectivity index (χ3n) is 3.08. The summed E-state index contributed by atoms with van der Waals surface area (Å²) in [4.78, 5) is 11.6. The van der Waals surface area contributed by atoms with Gasteiger partial charge in [0.25, 0.3) is 0 Å². The molecule has 1 aliphatic rings. The van der Waals surface area contributed by atoms with E-state index in [1.807, 2.05) is 12.1 Å². The minimum atomic E-state index is -0.122. The van der Waals surface area contributed by atoms with E-state index in [0.29, 0.717) is 13.0 Å². The lowest BCUT2D eigenvalue weighted by atomic mass is 10.1. The number of esters is 1. The minimum absolute atomic E-state index is 0.0405. The zero-order valence-corrected chi connectivity index (χ0v) is 10.1. The Morgan fingerprint density at radius 3 is 3.06 bits per heavy atom. The van der Waals surface area contributed by atoms with E-state index in [1.165, 1.54) is 11.1 Å². The monoisotopic (exact) mass is 234 g/mol. The van der Waals surface area contributed by atoms with E-state index in [9.17, 15) is 4.79 Å². The van der Waals surface area contributed by atoms with Gasteiger partial charge in [0, 0.05) is 20.1 Å². The maximum Gasteiger partial charge on any atom is 0.306 e. The SMILES string of the molecule is COCCCC(=O)OC1CCc2ccccc21. The van der Waals surface area contributed by atoms with Crippen molar-refractivity contribution in [2.45, 2.75) is 31.8 Å². The second kappa shape index (κ2) is 5.82. The van der Waals surface area contributed by atoms with Gasteiger partial charge in [0.15, 0.2) is 0 Å². The number of carbonyl (C=O) groups is 1. The average Bonchev–Trinajstić information content (AvgIpc) is 2.73. The number of fused-ring (bicyclic) bond motifs is 1. The molecule has 0 aliphatic heterocycles. The molecule has 1 aromatic carbocycles. The number of hydrogen-bond acceptors (Lipinski definition) is 3. The Hall–Kier alpha value is -1.35. The van der Waals surface area contributed by atoms with Crippen LogP contribution >= 0.6 is 0 Å². The van der Waals surface area contributed by atoms with Crippen LogP contribution in [-0.2, 0) is 20.7 Å². The van der Waals surface area contributed by atoms with Gasteiger partial charge in [0.05, 0.1) is 0 Å². The number of rotatable bonds is 5. The molecule has 0 saturated heterocycles. The van der Waals surface area contributed by atoms with Gasteiger partial charge in [-0.25, -0.2) is 0 Å².